The average molecular weight is 331 g/mol. The molecule has 0 saturated heterocycles. The van der Waals surface area contributed by atoms with Crippen LogP contribution in [-0.4, -0.2) is 5.71 Å². The molecule has 0 spiro atoms. The Morgan fingerprint density at radius 2 is 1.82 bits per heavy atom. The van der Waals surface area contributed by atoms with Gasteiger partial charge in [0, 0.05) is 5.56 Å². The molecule has 2 nitrogen and oxygen atoms in total. The van der Waals surface area contributed by atoms with E-state index in [2.05, 4.69) is 10.5 Å². The predicted octanol–water partition coefficient (Wildman–Crippen LogP) is 5.33. The lowest BCUT2D eigenvalue weighted by atomic mass is 10.1. The maximum Gasteiger partial charge on any atom is 0.416 e. The van der Waals surface area contributed by atoms with Crippen molar-refractivity contribution in [3.8, 4) is 0 Å². The normalized spacial score (nSPS) is 12.4. The summed E-state index contributed by atoms with van der Waals surface area (Å²) >= 11 is 5.83. The first-order chi connectivity index (χ1) is 10.3. The van der Waals surface area contributed by atoms with Gasteiger partial charge in [-0.1, -0.05) is 29.8 Å². The lowest BCUT2D eigenvalue weighted by Gasteiger charge is -2.10. The summed E-state index contributed by atoms with van der Waals surface area (Å²) in [6, 6.07) is 8.80. The van der Waals surface area contributed by atoms with Gasteiger partial charge < -0.3 is 0 Å². The summed E-state index contributed by atoms with van der Waals surface area (Å²) in [6.45, 7) is 1.53. The van der Waals surface area contributed by atoms with Crippen LogP contribution in [0.5, 0.6) is 0 Å². The van der Waals surface area contributed by atoms with Crippen LogP contribution >= 0.6 is 11.6 Å². The minimum Gasteiger partial charge on any atom is -0.277 e. The van der Waals surface area contributed by atoms with E-state index in [-0.39, 0.29) is 22.0 Å². The van der Waals surface area contributed by atoms with E-state index < -0.39 is 17.6 Å². The Labute approximate surface area is 129 Å². The van der Waals surface area contributed by atoms with Crippen LogP contribution in [0.4, 0.5) is 23.2 Å². The highest BCUT2D eigenvalue weighted by atomic mass is 35.5. The molecule has 0 amide bonds. The first-order valence-corrected chi connectivity index (χ1v) is 6.59. The number of nitrogens with zero attached hydrogens (tertiary/aromatic N) is 1. The fourth-order valence-electron chi connectivity index (χ4n) is 1.75. The number of hydrogen-bond donors (Lipinski definition) is 1. The van der Waals surface area contributed by atoms with Crippen molar-refractivity contribution in [1.82, 2.24) is 0 Å². The third-order valence-corrected chi connectivity index (χ3v) is 3.23. The second-order valence-electron chi connectivity index (χ2n) is 4.48. The summed E-state index contributed by atoms with van der Waals surface area (Å²) in [6.07, 6.45) is -4.48. The molecule has 2 rings (SSSR count). The second-order valence-corrected chi connectivity index (χ2v) is 4.89. The number of nitrogens with one attached hydrogen (secondary N) is 1. The van der Waals surface area contributed by atoms with E-state index in [4.69, 9.17) is 11.6 Å². The molecule has 0 fully saturated rings. The van der Waals surface area contributed by atoms with Crippen molar-refractivity contribution in [3.05, 3.63) is 64.4 Å². The van der Waals surface area contributed by atoms with Crippen molar-refractivity contribution in [1.29, 1.82) is 0 Å². The van der Waals surface area contributed by atoms with Gasteiger partial charge >= 0.3 is 6.18 Å². The molecule has 0 aromatic heterocycles. The number of anilines is 1. The lowest BCUT2D eigenvalue weighted by molar-refractivity contribution is -0.137. The zero-order valence-electron chi connectivity index (χ0n) is 11.4. The molecule has 0 aliphatic heterocycles. The van der Waals surface area contributed by atoms with Crippen molar-refractivity contribution >= 4 is 23.0 Å². The van der Waals surface area contributed by atoms with E-state index in [1.807, 2.05) is 0 Å². The highest BCUT2D eigenvalue weighted by Gasteiger charge is 2.30. The van der Waals surface area contributed by atoms with Gasteiger partial charge in [-0.25, -0.2) is 4.39 Å². The van der Waals surface area contributed by atoms with E-state index in [9.17, 15) is 17.6 Å². The zero-order chi connectivity index (χ0) is 16.3. The predicted molar refractivity (Wildman–Crippen MR) is 78.7 cm³/mol. The molecule has 22 heavy (non-hydrogen) atoms. The number of hydrogen-bond acceptors (Lipinski definition) is 2. The van der Waals surface area contributed by atoms with Crippen LogP contribution in [0.25, 0.3) is 0 Å². The van der Waals surface area contributed by atoms with Gasteiger partial charge in [0.25, 0.3) is 0 Å². The number of hydrazone groups is 1. The maximum atomic E-state index is 13.6. The Morgan fingerprint density at radius 1 is 1.14 bits per heavy atom. The topological polar surface area (TPSA) is 24.4 Å². The monoisotopic (exact) mass is 330 g/mol. The molecule has 0 aliphatic rings. The number of benzene rings is 2. The van der Waals surface area contributed by atoms with Crippen LogP contribution in [-0.2, 0) is 6.18 Å². The van der Waals surface area contributed by atoms with Gasteiger partial charge in [-0.3, -0.25) is 5.43 Å². The van der Waals surface area contributed by atoms with E-state index in [1.165, 1.54) is 25.1 Å². The van der Waals surface area contributed by atoms with Crippen molar-refractivity contribution in [2.75, 3.05) is 5.43 Å². The fraction of sp³-hybridized carbons (Fsp3) is 0.133. The van der Waals surface area contributed by atoms with Crippen molar-refractivity contribution in [3.63, 3.8) is 0 Å². The van der Waals surface area contributed by atoms with E-state index in [1.54, 1.807) is 6.07 Å². The quantitative estimate of drug-likeness (QED) is 0.459. The Balaban J connectivity index is 2.28. The summed E-state index contributed by atoms with van der Waals surface area (Å²) in [5.74, 6) is -0.472. The van der Waals surface area contributed by atoms with Gasteiger partial charge in [-0.15, -0.1) is 0 Å². The standard InChI is InChI=1S/C15H11ClF4N2/c1-9(11-4-2-3-5-13(11)17)21-22-14-8-10(15(18,19)20)6-7-12(14)16/h2-8,22H,1H3. The molecule has 2 aromatic carbocycles. The summed E-state index contributed by atoms with van der Waals surface area (Å²) in [7, 11) is 0. The molecule has 0 radical (unpaired) electrons. The largest absolute Gasteiger partial charge is 0.416 e. The number of alkyl halides is 3. The van der Waals surface area contributed by atoms with Crippen LogP contribution in [0.15, 0.2) is 47.6 Å². The third kappa shape index (κ3) is 3.76. The van der Waals surface area contributed by atoms with Gasteiger partial charge in [0.05, 0.1) is 22.0 Å². The van der Waals surface area contributed by atoms with Crippen LogP contribution < -0.4 is 5.43 Å². The maximum absolute atomic E-state index is 13.6. The third-order valence-electron chi connectivity index (χ3n) is 2.90. The van der Waals surface area contributed by atoms with E-state index >= 15 is 0 Å². The highest BCUT2D eigenvalue weighted by molar-refractivity contribution is 6.33. The van der Waals surface area contributed by atoms with Gasteiger partial charge in [-0.05, 0) is 31.2 Å². The van der Waals surface area contributed by atoms with Crippen LogP contribution in [0.3, 0.4) is 0 Å². The van der Waals surface area contributed by atoms with Crippen LogP contribution in [0, 0.1) is 5.82 Å². The van der Waals surface area contributed by atoms with Crippen molar-refractivity contribution < 1.29 is 17.6 Å². The lowest BCUT2D eigenvalue weighted by Crippen LogP contribution is -2.06. The van der Waals surface area contributed by atoms with Crippen LogP contribution in [0.2, 0.25) is 5.02 Å². The molecule has 1 N–H and O–H groups in total. The van der Waals surface area contributed by atoms with Gasteiger partial charge in [-0.2, -0.15) is 18.3 Å². The summed E-state index contributed by atoms with van der Waals surface area (Å²) in [5, 5.41) is 3.97. The average Bonchev–Trinajstić information content (AvgIpc) is 2.45. The van der Waals surface area contributed by atoms with E-state index in [0.29, 0.717) is 0 Å². The Hall–Kier alpha value is -2.08. The van der Waals surface area contributed by atoms with Crippen molar-refractivity contribution in [2.45, 2.75) is 13.1 Å². The first-order valence-electron chi connectivity index (χ1n) is 6.21. The Kier molecular flexibility index (Phi) is 4.71. The SMILES string of the molecule is CC(=NNc1cc(C(F)(F)F)ccc1Cl)c1ccccc1F. The molecule has 116 valence electrons. The molecule has 0 aliphatic carbocycles. The Morgan fingerprint density at radius 3 is 2.45 bits per heavy atom. The molecule has 0 atom stereocenters. The molecule has 0 heterocycles. The van der Waals surface area contributed by atoms with Gasteiger partial charge in [0.1, 0.15) is 5.82 Å². The molecule has 0 bridgehead atoms. The van der Waals surface area contributed by atoms with Crippen molar-refractivity contribution in [2.24, 2.45) is 5.10 Å². The van der Waals surface area contributed by atoms with Gasteiger partial charge in [0.15, 0.2) is 0 Å². The molecule has 0 unspecified atom stereocenters. The highest BCUT2D eigenvalue weighted by Crippen LogP contribution is 2.33. The molecular weight excluding hydrogens is 320 g/mol. The molecule has 0 saturated carbocycles. The number of rotatable bonds is 3. The molecule has 7 heteroatoms. The summed E-state index contributed by atoms with van der Waals surface area (Å²) in [5.41, 5.74) is 2.12. The Bertz CT molecular complexity index is 711. The second kappa shape index (κ2) is 6.36. The summed E-state index contributed by atoms with van der Waals surface area (Å²) in [4.78, 5) is 0. The zero-order valence-corrected chi connectivity index (χ0v) is 12.1. The number of halogens is 5. The first kappa shape index (κ1) is 16.3. The molecular formula is C15H11ClF4N2. The van der Waals surface area contributed by atoms with Gasteiger partial charge in [0.2, 0.25) is 0 Å². The minimum atomic E-state index is -4.48. The minimum absolute atomic E-state index is 0.00724. The van der Waals surface area contributed by atoms with Crippen LogP contribution in [0.1, 0.15) is 18.1 Å². The van der Waals surface area contributed by atoms with E-state index in [0.717, 1.165) is 18.2 Å². The fourth-order valence-corrected chi connectivity index (χ4v) is 1.91. The summed E-state index contributed by atoms with van der Waals surface area (Å²) < 4.78 is 51.6. The molecule has 2 aromatic rings. The smallest absolute Gasteiger partial charge is 0.277 e.